The summed E-state index contributed by atoms with van der Waals surface area (Å²) in [6.45, 7) is 4.03. The van der Waals surface area contributed by atoms with E-state index in [4.69, 9.17) is 9.47 Å². The van der Waals surface area contributed by atoms with Gasteiger partial charge in [-0.3, -0.25) is 0 Å². The summed E-state index contributed by atoms with van der Waals surface area (Å²) in [5.74, 6) is 2.11. The highest BCUT2D eigenvalue weighted by Gasteiger charge is 1.94. The van der Waals surface area contributed by atoms with E-state index < -0.39 is 0 Å². The van der Waals surface area contributed by atoms with Crippen LogP contribution in [0.4, 0.5) is 0 Å². The molecule has 1 rings (SSSR count). The molecule has 1 fully saturated rings. The predicted octanol–water partition coefficient (Wildman–Crippen LogP) is 2.14. The fourth-order valence-corrected chi connectivity index (χ4v) is 1.17. The minimum atomic E-state index is 0.913. The Morgan fingerprint density at radius 3 is 2.55 bits per heavy atom. The average molecular weight is 178 g/mol. The molecule has 0 radical (unpaired) electrons. The SMILES string of the molecule is C1CSCO1.CCCCOC. The van der Waals surface area contributed by atoms with Crippen LogP contribution in [0.5, 0.6) is 0 Å². The highest BCUT2D eigenvalue weighted by atomic mass is 32.2. The van der Waals surface area contributed by atoms with Gasteiger partial charge in [0.2, 0.25) is 0 Å². The molecule has 0 aliphatic carbocycles. The van der Waals surface area contributed by atoms with Gasteiger partial charge < -0.3 is 9.47 Å². The Kier molecular flexibility index (Phi) is 10.5. The van der Waals surface area contributed by atoms with Gasteiger partial charge >= 0.3 is 0 Å². The van der Waals surface area contributed by atoms with E-state index in [9.17, 15) is 0 Å². The number of unbranched alkanes of at least 4 members (excludes halogenated alkanes) is 1. The van der Waals surface area contributed by atoms with Crippen molar-refractivity contribution in [1.82, 2.24) is 0 Å². The van der Waals surface area contributed by atoms with Crippen LogP contribution in [0.15, 0.2) is 0 Å². The normalized spacial score (nSPS) is 15.8. The summed E-state index contributed by atoms with van der Waals surface area (Å²) in [5.41, 5.74) is 0. The van der Waals surface area contributed by atoms with E-state index >= 15 is 0 Å². The summed E-state index contributed by atoms with van der Waals surface area (Å²) in [6.07, 6.45) is 2.42. The largest absolute Gasteiger partial charge is 0.385 e. The number of hydrogen-bond donors (Lipinski definition) is 0. The van der Waals surface area contributed by atoms with Gasteiger partial charge in [0.25, 0.3) is 0 Å². The third-order valence-corrected chi connectivity index (χ3v) is 2.03. The van der Waals surface area contributed by atoms with E-state index in [0.717, 1.165) is 19.2 Å². The molecule has 0 aromatic heterocycles. The fourth-order valence-electron chi connectivity index (χ4n) is 0.583. The maximum Gasteiger partial charge on any atom is 0.0922 e. The Labute approximate surface area is 73.6 Å². The van der Waals surface area contributed by atoms with Crippen molar-refractivity contribution in [2.45, 2.75) is 19.8 Å². The first-order valence-electron chi connectivity index (χ1n) is 4.06. The molecule has 0 unspecified atom stereocenters. The Balaban J connectivity index is 0.000000183. The number of methoxy groups -OCH3 is 1. The zero-order chi connectivity index (χ0) is 8.36. The van der Waals surface area contributed by atoms with E-state index in [1.165, 1.54) is 18.6 Å². The first-order chi connectivity index (χ1) is 5.41. The van der Waals surface area contributed by atoms with Gasteiger partial charge in [-0.15, -0.1) is 11.8 Å². The highest BCUT2D eigenvalue weighted by molar-refractivity contribution is 7.99. The molecule has 1 aliphatic heterocycles. The molecular weight excluding hydrogens is 160 g/mol. The standard InChI is InChI=1S/C5H12O.C3H6OS/c1-3-4-5-6-2;1-2-5-3-4-1/h3-5H2,1-2H3;1-3H2. The number of rotatable bonds is 3. The summed E-state index contributed by atoms with van der Waals surface area (Å²) in [7, 11) is 1.73. The van der Waals surface area contributed by atoms with E-state index in [2.05, 4.69) is 6.92 Å². The lowest BCUT2D eigenvalue weighted by Crippen LogP contribution is -1.84. The monoisotopic (exact) mass is 178 g/mol. The molecule has 0 spiro atoms. The van der Waals surface area contributed by atoms with Crippen LogP contribution in [0.25, 0.3) is 0 Å². The molecule has 0 aromatic rings. The molecule has 1 aliphatic rings. The van der Waals surface area contributed by atoms with E-state index in [1.54, 1.807) is 7.11 Å². The molecule has 3 heteroatoms. The fraction of sp³-hybridized carbons (Fsp3) is 1.00. The molecule has 2 nitrogen and oxygen atoms in total. The third-order valence-electron chi connectivity index (χ3n) is 1.24. The van der Waals surface area contributed by atoms with Crippen molar-refractivity contribution in [3.05, 3.63) is 0 Å². The predicted molar refractivity (Wildman–Crippen MR) is 50.1 cm³/mol. The number of hydrogen-bond acceptors (Lipinski definition) is 3. The van der Waals surface area contributed by atoms with E-state index in [1.807, 2.05) is 11.8 Å². The van der Waals surface area contributed by atoms with Crippen LogP contribution >= 0.6 is 11.8 Å². The zero-order valence-electron chi connectivity index (χ0n) is 7.47. The average Bonchev–Trinajstić information content (AvgIpc) is 2.57. The Morgan fingerprint density at radius 2 is 2.36 bits per heavy atom. The van der Waals surface area contributed by atoms with Crippen LogP contribution < -0.4 is 0 Å². The lowest BCUT2D eigenvalue weighted by molar-refractivity contribution is 0.194. The van der Waals surface area contributed by atoms with Gasteiger partial charge in [-0.05, 0) is 6.42 Å². The van der Waals surface area contributed by atoms with Crippen LogP contribution in [0.3, 0.4) is 0 Å². The quantitative estimate of drug-likeness (QED) is 0.617. The van der Waals surface area contributed by atoms with Crippen LogP contribution in [-0.2, 0) is 9.47 Å². The minimum absolute atomic E-state index is 0.913. The summed E-state index contributed by atoms with van der Waals surface area (Å²) in [6, 6.07) is 0. The number of thioether (sulfide) groups is 1. The molecule has 0 amide bonds. The van der Waals surface area contributed by atoms with Crippen molar-refractivity contribution in [1.29, 1.82) is 0 Å². The Bertz CT molecular complexity index is 53.5. The summed E-state index contributed by atoms with van der Waals surface area (Å²) >= 11 is 1.85. The summed E-state index contributed by atoms with van der Waals surface area (Å²) < 4.78 is 9.69. The highest BCUT2D eigenvalue weighted by Crippen LogP contribution is 2.06. The second-order valence-corrected chi connectivity index (χ2v) is 3.33. The second-order valence-electron chi connectivity index (χ2n) is 2.28. The van der Waals surface area contributed by atoms with Crippen molar-refractivity contribution in [3.8, 4) is 0 Å². The van der Waals surface area contributed by atoms with Crippen LogP contribution in [0.1, 0.15) is 19.8 Å². The molecule has 0 saturated carbocycles. The van der Waals surface area contributed by atoms with Gasteiger partial charge in [0.1, 0.15) is 0 Å². The van der Waals surface area contributed by atoms with Crippen molar-refractivity contribution < 1.29 is 9.47 Å². The third kappa shape index (κ3) is 10.3. The van der Waals surface area contributed by atoms with Gasteiger partial charge in [-0.1, -0.05) is 13.3 Å². The van der Waals surface area contributed by atoms with Gasteiger partial charge in [0, 0.05) is 19.5 Å². The van der Waals surface area contributed by atoms with E-state index in [-0.39, 0.29) is 0 Å². The first kappa shape index (κ1) is 11.3. The first-order valence-corrected chi connectivity index (χ1v) is 5.21. The molecule has 0 aromatic carbocycles. The number of ether oxygens (including phenoxy) is 2. The van der Waals surface area contributed by atoms with Gasteiger partial charge in [-0.25, -0.2) is 0 Å². The molecule has 11 heavy (non-hydrogen) atoms. The van der Waals surface area contributed by atoms with Crippen molar-refractivity contribution in [2.75, 3.05) is 32.0 Å². The summed E-state index contributed by atoms with van der Waals surface area (Å²) in [4.78, 5) is 0. The lowest BCUT2D eigenvalue weighted by Gasteiger charge is -1.89. The van der Waals surface area contributed by atoms with Gasteiger partial charge in [0.15, 0.2) is 0 Å². The second kappa shape index (κ2) is 10.3. The van der Waals surface area contributed by atoms with E-state index in [0.29, 0.717) is 0 Å². The maximum absolute atomic E-state index is 4.91. The van der Waals surface area contributed by atoms with Gasteiger partial charge in [0.05, 0.1) is 12.5 Å². The molecule has 0 atom stereocenters. The Morgan fingerprint density at radius 1 is 1.55 bits per heavy atom. The topological polar surface area (TPSA) is 18.5 Å². The molecule has 68 valence electrons. The van der Waals surface area contributed by atoms with Crippen LogP contribution in [-0.4, -0.2) is 32.0 Å². The summed E-state index contributed by atoms with van der Waals surface area (Å²) in [5, 5.41) is 0. The van der Waals surface area contributed by atoms with Gasteiger partial charge in [-0.2, -0.15) is 0 Å². The molecule has 1 heterocycles. The molecule has 0 N–H and O–H groups in total. The molecule has 0 bridgehead atoms. The van der Waals surface area contributed by atoms with Crippen molar-refractivity contribution in [3.63, 3.8) is 0 Å². The molecule has 1 saturated heterocycles. The maximum atomic E-state index is 4.91. The molecular formula is C8H18O2S. The van der Waals surface area contributed by atoms with Crippen LogP contribution in [0.2, 0.25) is 0 Å². The Hall–Kier alpha value is 0.270. The van der Waals surface area contributed by atoms with Crippen LogP contribution in [0, 0.1) is 0 Å². The van der Waals surface area contributed by atoms with Crippen molar-refractivity contribution >= 4 is 11.8 Å². The zero-order valence-corrected chi connectivity index (χ0v) is 8.28. The minimum Gasteiger partial charge on any atom is -0.385 e. The smallest absolute Gasteiger partial charge is 0.0922 e. The lowest BCUT2D eigenvalue weighted by atomic mass is 10.4. The van der Waals surface area contributed by atoms with Crippen molar-refractivity contribution in [2.24, 2.45) is 0 Å².